The maximum atomic E-state index is 12.1. The average Bonchev–Trinajstić information content (AvgIpc) is 2.53. The molecule has 0 aromatic heterocycles. The van der Waals surface area contributed by atoms with Gasteiger partial charge in [0.25, 0.3) is 0 Å². The molecule has 1 aliphatic carbocycles. The Hall–Kier alpha value is -1.86. The van der Waals surface area contributed by atoms with Crippen LogP contribution in [0, 0.1) is 0 Å². The van der Waals surface area contributed by atoms with E-state index in [0.717, 1.165) is 49.8 Å². The molecule has 3 rings (SSSR count). The molecule has 0 N–H and O–H groups in total. The second-order valence-corrected chi connectivity index (χ2v) is 10.4. The van der Waals surface area contributed by atoms with Crippen LogP contribution in [0.2, 0.25) is 0 Å². The summed E-state index contributed by atoms with van der Waals surface area (Å²) in [4.78, 5) is -0.167. The van der Waals surface area contributed by atoms with E-state index < -0.39 is 19.7 Å². The molecule has 0 unspecified atom stereocenters. The maximum absolute atomic E-state index is 12.1. The van der Waals surface area contributed by atoms with Gasteiger partial charge in [-0.15, -0.1) is 0 Å². The molecule has 0 radical (unpaired) electrons. The fourth-order valence-electron chi connectivity index (χ4n) is 3.05. The first-order valence-corrected chi connectivity index (χ1v) is 11.8. The van der Waals surface area contributed by atoms with Crippen molar-refractivity contribution in [3.05, 3.63) is 47.5 Å². The molecule has 0 bridgehead atoms. The minimum Gasteiger partial charge on any atom is -0.456 e. The van der Waals surface area contributed by atoms with E-state index in [0.29, 0.717) is 5.75 Å². The summed E-state index contributed by atoms with van der Waals surface area (Å²) in [6.45, 7) is 0. The summed E-state index contributed by atoms with van der Waals surface area (Å²) in [6, 6.07) is 9.72. The SMILES string of the molecule is CS(=O)(=O)c1ccc(Oc2cccc3c2CCCC3)c(S(C)(=O)=O)c1. The normalized spacial score (nSPS) is 14.8. The van der Waals surface area contributed by atoms with E-state index in [9.17, 15) is 16.8 Å². The number of hydrogen-bond donors (Lipinski definition) is 0. The predicted molar refractivity (Wildman–Crippen MR) is 95.8 cm³/mol. The highest BCUT2D eigenvalue weighted by molar-refractivity contribution is 7.91. The van der Waals surface area contributed by atoms with Gasteiger partial charge in [-0.1, -0.05) is 12.1 Å². The molecule has 25 heavy (non-hydrogen) atoms. The molecule has 2 aromatic carbocycles. The lowest BCUT2D eigenvalue weighted by Gasteiger charge is -2.20. The van der Waals surface area contributed by atoms with Gasteiger partial charge in [0.15, 0.2) is 19.7 Å². The van der Waals surface area contributed by atoms with Crippen LogP contribution in [-0.2, 0) is 32.5 Å². The number of ether oxygens (including phenoxy) is 1. The van der Waals surface area contributed by atoms with Gasteiger partial charge in [0, 0.05) is 12.5 Å². The van der Waals surface area contributed by atoms with Crippen LogP contribution in [0.25, 0.3) is 0 Å². The van der Waals surface area contributed by atoms with Gasteiger partial charge in [-0.3, -0.25) is 0 Å². The Balaban J connectivity index is 2.10. The van der Waals surface area contributed by atoms with Crippen molar-refractivity contribution in [3.8, 4) is 11.5 Å². The van der Waals surface area contributed by atoms with Crippen LogP contribution in [0.3, 0.4) is 0 Å². The Labute approximate surface area is 148 Å². The van der Waals surface area contributed by atoms with Crippen molar-refractivity contribution >= 4 is 19.7 Å². The van der Waals surface area contributed by atoms with Gasteiger partial charge in [0.1, 0.15) is 16.4 Å². The van der Waals surface area contributed by atoms with Crippen LogP contribution in [0.5, 0.6) is 11.5 Å². The monoisotopic (exact) mass is 380 g/mol. The van der Waals surface area contributed by atoms with E-state index in [1.165, 1.54) is 17.7 Å². The standard InChI is InChI=1S/C18H20O5S2/c1-24(19,20)14-10-11-17(18(12-14)25(2,21)22)23-16-9-5-7-13-6-3-4-8-15(13)16/h5,7,9-12H,3-4,6,8H2,1-2H3. The van der Waals surface area contributed by atoms with Gasteiger partial charge >= 0.3 is 0 Å². The summed E-state index contributed by atoms with van der Waals surface area (Å²) in [6.07, 6.45) is 6.16. The van der Waals surface area contributed by atoms with Crippen molar-refractivity contribution in [2.45, 2.75) is 35.5 Å². The molecule has 0 saturated carbocycles. The third kappa shape index (κ3) is 3.88. The van der Waals surface area contributed by atoms with E-state index in [2.05, 4.69) is 6.07 Å². The number of benzene rings is 2. The van der Waals surface area contributed by atoms with E-state index in [-0.39, 0.29) is 15.5 Å². The van der Waals surface area contributed by atoms with Crippen LogP contribution in [0.15, 0.2) is 46.2 Å². The summed E-state index contributed by atoms with van der Waals surface area (Å²) in [5.41, 5.74) is 2.32. The van der Waals surface area contributed by atoms with Crippen LogP contribution in [0.1, 0.15) is 24.0 Å². The number of hydrogen-bond acceptors (Lipinski definition) is 5. The fourth-order valence-corrected chi connectivity index (χ4v) is 4.59. The Kier molecular flexibility index (Phi) is 4.64. The molecule has 134 valence electrons. The van der Waals surface area contributed by atoms with Crippen molar-refractivity contribution in [1.29, 1.82) is 0 Å². The molecule has 0 atom stereocenters. The van der Waals surface area contributed by atoms with Gasteiger partial charge in [-0.05, 0) is 61.1 Å². The highest BCUT2D eigenvalue weighted by Crippen LogP contribution is 2.36. The summed E-state index contributed by atoms with van der Waals surface area (Å²) in [5.74, 6) is 0.781. The summed E-state index contributed by atoms with van der Waals surface area (Å²) >= 11 is 0. The molecule has 0 fully saturated rings. The summed E-state index contributed by atoms with van der Waals surface area (Å²) in [7, 11) is -7.16. The molecule has 1 aliphatic rings. The third-order valence-corrected chi connectivity index (χ3v) is 6.54. The molecule has 0 heterocycles. The Bertz CT molecular complexity index is 1020. The summed E-state index contributed by atoms with van der Waals surface area (Å²) < 4.78 is 53.7. The summed E-state index contributed by atoms with van der Waals surface area (Å²) in [5, 5.41) is 0. The van der Waals surface area contributed by atoms with Crippen molar-refractivity contribution in [3.63, 3.8) is 0 Å². The quantitative estimate of drug-likeness (QED) is 0.814. The number of fused-ring (bicyclic) bond motifs is 1. The first-order chi connectivity index (χ1) is 11.7. The van der Waals surface area contributed by atoms with Gasteiger partial charge in [0.05, 0.1) is 4.90 Å². The molecular formula is C18H20O5S2. The molecule has 2 aromatic rings. The van der Waals surface area contributed by atoms with E-state index in [4.69, 9.17) is 4.74 Å². The molecular weight excluding hydrogens is 360 g/mol. The van der Waals surface area contributed by atoms with Crippen molar-refractivity contribution in [2.24, 2.45) is 0 Å². The Morgan fingerprint density at radius 1 is 0.840 bits per heavy atom. The van der Waals surface area contributed by atoms with E-state index in [1.54, 1.807) is 0 Å². The molecule has 0 aliphatic heterocycles. The van der Waals surface area contributed by atoms with Crippen LogP contribution < -0.4 is 4.74 Å². The van der Waals surface area contributed by atoms with Gasteiger partial charge in [-0.2, -0.15) is 0 Å². The zero-order valence-electron chi connectivity index (χ0n) is 14.2. The highest BCUT2D eigenvalue weighted by Gasteiger charge is 2.21. The zero-order chi connectivity index (χ0) is 18.2. The van der Waals surface area contributed by atoms with Gasteiger partial charge < -0.3 is 4.74 Å². The molecule has 5 nitrogen and oxygen atoms in total. The zero-order valence-corrected chi connectivity index (χ0v) is 15.8. The van der Waals surface area contributed by atoms with Crippen molar-refractivity contribution in [2.75, 3.05) is 12.5 Å². The van der Waals surface area contributed by atoms with Crippen LogP contribution in [-0.4, -0.2) is 29.3 Å². The van der Waals surface area contributed by atoms with Crippen molar-refractivity contribution in [1.82, 2.24) is 0 Å². The minimum absolute atomic E-state index is 0.0460. The maximum Gasteiger partial charge on any atom is 0.179 e. The fraction of sp³-hybridized carbons (Fsp3) is 0.333. The Morgan fingerprint density at radius 3 is 2.24 bits per heavy atom. The third-order valence-electron chi connectivity index (χ3n) is 4.32. The highest BCUT2D eigenvalue weighted by atomic mass is 32.2. The second-order valence-electron chi connectivity index (χ2n) is 6.36. The second kappa shape index (κ2) is 6.46. The number of aryl methyl sites for hydroxylation is 1. The first-order valence-electron chi connectivity index (χ1n) is 7.99. The lowest BCUT2D eigenvalue weighted by atomic mass is 9.91. The lowest BCUT2D eigenvalue weighted by molar-refractivity contribution is 0.456. The van der Waals surface area contributed by atoms with Gasteiger partial charge in [-0.25, -0.2) is 16.8 Å². The smallest absolute Gasteiger partial charge is 0.179 e. The van der Waals surface area contributed by atoms with Crippen molar-refractivity contribution < 1.29 is 21.6 Å². The largest absolute Gasteiger partial charge is 0.456 e. The molecule has 0 saturated heterocycles. The predicted octanol–water partition coefficient (Wildman–Crippen LogP) is 3.16. The Morgan fingerprint density at radius 2 is 1.56 bits per heavy atom. The van der Waals surface area contributed by atoms with E-state index in [1.807, 2.05) is 12.1 Å². The first kappa shape index (κ1) is 17.9. The topological polar surface area (TPSA) is 77.5 Å². The number of sulfone groups is 2. The average molecular weight is 380 g/mol. The lowest BCUT2D eigenvalue weighted by Crippen LogP contribution is -2.07. The molecule has 0 spiro atoms. The van der Waals surface area contributed by atoms with Gasteiger partial charge in [0.2, 0.25) is 0 Å². The molecule has 7 heteroatoms. The van der Waals surface area contributed by atoms with Crippen LogP contribution >= 0.6 is 0 Å². The molecule has 0 amide bonds. The van der Waals surface area contributed by atoms with E-state index >= 15 is 0 Å². The minimum atomic E-state index is -3.65. The van der Waals surface area contributed by atoms with Crippen LogP contribution in [0.4, 0.5) is 0 Å². The number of rotatable bonds is 4.